The van der Waals surface area contributed by atoms with Crippen molar-refractivity contribution in [1.29, 1.82) is 0 Å². The van der Waals surface area contributed by atoms with Crippen molar-refractivity contribution in [2.75, 3.05) is 0 Å². The highest BCUT2D eigenvalue weighted by atomic mass is 14.7. The Labute approximate surface area is 83.0 Å². The van der Waals surface area contributed by atoms with E-state index < -0.39 is 0 Å². The van der Waals surface area contributed by atoms with Crippen LogP contribution in [0.25, 0.3) is 10.9 Å². The minimum Gasteiger partial charge on any atom is -0.324 e. The SMILES string of the molecule is Cc1nc2ccncc2cc1C(C)N. The van der Waals surface area contributed by atoms with Gasteiger partial charge in [0.1, 0.15) is 0 Å². The monoisotopic (exact) mass is 187 g/mol. The van der Waals surface area contributed by atoms with Gasteiger partial charge in [0.2, 0.25) is 0 Å². The summed E-state index contributed by atoms with van der Waals surface area (Å²) >= 11 is 0. The van der Waals surface area contributed by atoms with Crippen LogP contribution in [0.2, 0.25) is 0 Å². The smallest absolute Gasteiger partial charge is 0.0736 e. The van der Waals surface area contributed by atoms with Crippen molar-refractivity contribution in [3.8, 4) is 0 Å². The van der Waals surface area contributed by atoms with Crippen LogP contribution in [0.15, 0.2) is 24.5 Å². The Hall–Kier alpha value is -1.48. The van der Waals surface area contributed by atoms with Crippen LogP contribution < -0.4 is 5.73 Å². The first-order chi connectivity index (χ1) is 6.68. The van der Waals surface area contributed by atoms with Crippen LogP contribution in [0.4, 0.5) is 0 Å². The Morgan fingerprint density at radius 3 is 2.93 bits per heavy atom. The second-order valence-electron chi connectivity index (χ2n) is 3.52. The maximum atomic E-state index is 5.85. The predicted octanol–water partition coefficient (Wildman–Crippen LogP) is 1.96. The molecule has 0 aliphatic heterocycles. The molecule has 2 N–H and O–H groups in total. The molecule has 72 valence electrons. The summed E-state index contributed by atoms with van der Waals surface area (Å²) < 4.78 is 0. The number of pyridine rings is 2. The lowest BCUT2D eigenvalue weighted by atomic mass is 10.1. The summed E-state index contributed by atoms with van der Waals surface area (Å²) in [6.07, 6.45) is 3.56. The molecule has 0 fully saturated rings. The molecule has 0 saturated heterocycles. The number of hydrogen-bond donors (Lipinski definition) is 1. The Bertz CT molecular complexity index is 463. The van der Waals surface area contributed by atoms with Crippen molar-refractivity contribution in [3.63, 3.8) is 0 Å². The minimum absolute atomic E-state index is 0.0205. The van der Waals surface area contributed by atoms with E-state index in [0.717, 1.165) is 22.2 Å². The van der Waals surface area contributed by atoms with Gasteiger partial charge in [-0.15, -0.1) is 0 Å². The molecule has 1 atom stereocenters. The molecule has 14 heavy (non-hydrogen) atoms. The topological polar surface area (TPSA) is 51.8 Å². The summed E-state index contributed by atoms with van der Waals surface area (Å²) in [5, 5.41) is 1.05. The van der Waals surface area contributed by atoms with Crippen molar-refractivity contribution >= 4 is 10.9 Å². The molecule has 0 aliphatic carbocycles. The third-order valence-corrected chi connectivity index (χ3v) is 2.34. The van der Waals surface area contributed by atoms with E-state index in [9.17, 15) is 0 Å². The van der Waals surface area contributed by atoms with Crippen molar-refractivity contribution in [3.05, 3.63) is 35.8 Å². The van der Waals surface area contributed by atoms with Gasteiger partial charge in [-0.1, -0.05) is 0 Å². The highest BCUT2D eigenvalue weighted by Gasteiger charge is 2.06. The summed E-state index contributed by atoms with van der Waals surface area (Å²) in [5.74, 6) is 0. The second kappa shape index (κ2) is 3.35. The second-order valence-corrected chi connectivity index (χ2v) is 3.52. The summed E-state index contributed by atoms with van der Waals surface area (Å²) in [6.45, 7) is 3.95. The van der Waals surface area contributed by atoms with Gasteiger partial charge in [0.25, 0.3) is 0 Å². The molecule has 2 rings (SSSR count). The molecular formula is C11H13N3. The molecule has 2 heterocycles. The zero-order valence-electron chi connectivity index (χ0n) is 8.36. The molecule has 1 unspecified atom stereocenters. The molecule has 3 nitrogen and oxygen atoms in total. The number of hydrogen-bond acceptors (Lipinski definition) is 3. The van der Waals surface area contributed by atoms with Gasteiger partial charge in [-0.2, -0.15) is 0 Å². The lowest BCUT2D eigenvalue weighted by Crippen LogP contribution is -2.08. The molecule has 0 bridgehead atoms. The van der Waals surface area contributed by atoms with E-state index in [1.807, 2.05) is 26.1 Å². The van der Waals surface area contributed by atoms with Crippen molar-refractivity contribution in [2.24, 2.45) is 5.73 Å². The molecule has 0 aromatic carbocycles. The maximum Gasteiger partial charge on any atom is 0.0736 e. The maximum absolute atomic E-state index is 5.85. The molecular weight excluding hydrogens is 174 g/mol. The fraction of sp³-hybridized carbons (Fsp3) is 0.273. The van der Waals surface area contributed by atoms with Crippen LogP contribution >= 0.6 is 0 Å². The van der Waals surface area contributed by atoms with E-state index >= 15 is 0 Å². The van der Waals surface area contributed by atoms with Crippen LogP contribution in [-0.2, 0) is 0 Å². The lowest BCUT2D eigenvalue weighted by Gasteiger charge is -2.09. The van der Waals surface area contributed by atoms with E-state index in [2.05, 4.69) is 16.0 Å². The summed E-state index contributed by atoms with van der Waals surface area (Å²) in [5.41, 5.74) is 8.91. The van der Waals surface area contributed by atoms with Gasteiger partial charge in [0.15, 0.2) is 0 Å². The molecule has 0 saturated carbocycles. The van der Waals surface area contributed by atoms with Gasteiger partial charge < -0.3 is 5.73 Å². The Morgan fingerprint density at radius 2 is 2.21 bits per heavy atom. The number of fused-ring (bicyclic) bond motifs is 1. The van der Waals surface area contributed by atoms with Gasteiger partial charge in [-0.25, -0.2) is 0 Å². The van der Waals surface area contributed by atoms with E-state index in [4.69, 9.17) is 5.73 Å². The van der Waals surface area contributed by atoms with Crippen molar-refractivity contribution in [1.82, 2.24) is 9.97 Å². The first-order valence-corrected chi connectivity index (χ1v) is 4.65. The minimum atomic E-state index is 0.0205. The van der Waals surface area contributed by atoms with Gasteiger partial charge in [-0.3, -0.25) is 9.97 Å². The molecule has 0 spiro atoms. The molecule has 0 radical (unpaired) electrons. The first kappa shape index (κ1) is 9.09. The van der Waals surface area contributed by atoms with E-state index in [0.29, 0.717) is 0 Å². The Morgan fingerprint density at radius 1 is 1.43 bits per heavy atom. The Kier molecular flexibility index (Phi) is 2.17. The van der Waals surface area contributed by atoms with Crippen molar-refractivity contribution in [2.45, 2.75) is 19.9 Å². The van der Waals surface area contributed by atoms with Gasteiger partial charge >= 0.3 is 0 Å². The van der Waals surface area contributed by atoms with Crippen LogP contribution in [0.5, 0.6) is 0 Å². The zero-order valence-corrected chi connectivity index (χ0v) is 8.36. The van der Waals surface area contributed by atoms with Crippen LogP contribution in [-0.4, -0.2) is 9.97 Å². The number of nitrogens with zero attached hydrogens (tertiary/aromatic N) is 2. The van der Waals surface area contributed by atoms with E-state index in [1.165, 1.54) is 0 Å². The number of nitrogens with two attached hydrogens (primary N) is 1. The van der Waals surface area contributed by atoms with Crippen LogP contribution in [0, 0.1) is 6.92 Å². The normalized spacial score (nSPS) is 13.1. The fourth-order valence-electron chi connectivity index (χ4n) is 1.59. The number of aromatic nitrogens is 2. The summed E-state index contributed by atoms with van der Waals surface area (Å²) in [4.78, 5) is 8.54. The largest absolute Gasteiger partial charge is 0.324 e. The Balaban J connectivity index is 2.71. The van der Waals surface area contributed by atoms with Gasteiger partial charge in [-0.05, 0) is 31.5 Å². The summed E-state index contributed by atoms with van der Waals surface area (Å²) in [7, 11) is 0. The van der Waals surface area contributed by atoms with Gasteiger partial charge in [0.05, 0.1) is 5.52 Å². The molecule has 0 aliphatic rings. The standard InChI is InChI=1S/C11H13N3/c1-7(12)10-5-9-6-13-4-3-11(9)14-8(10)2/h3-7H,12H2,1-2H3. The molecule has 3 heteroatoms. The quantitative estimate of drug-likeness (QED) is 0.742. The average molecular weight is 187 g/mol. The van der Waals surface area contributed by atoms with Crippen LogP contribution in [0.3, 0.4) is 0 Å². The third kappa shape index (κ3) is 1.46. The molecule has 2 aromatic rings. The fourth-order valence-corrected chi connectivity index (χ4v) is 1.59. The molecule has 2 aromatic heterocycles. The van der Waals surface area contributed by atoms with Gasteiger partial charge in [0, 0.05) is 29.5 Å². The van der Waals surface area contributed by atoms with E-state index in [-0.39, 0.29) is 6.04 Å². The zero-order chi connectivity index (χ0) is 10.1. The first-order valence-electron chi connectivity index (χ1n) is 4.65. The number of aryl methyl sites for hydroxylation is 1. The third-order valence-electron chi connectivity index (χ3n) is 2.34. The predicted molar refractivity (Wildman–Crippen MR) is 56.9 cm³/mol. The number of rotatable bonds is 1. The van der Waals surface area contributed by atoms with Crippen molar-refractivity contribution < 1.29 is 0 Å². The highest BCUT2D eigenvalue weighted by Crippen LogP contribution is 2.19. The summed E-state index contributed by atoms with van der Waals surface area (Å²) in [6, 6.07) is 4.00. The average Bonchev–Trinajstić information content (AvgIpc) is 2.16. The highest BCUT2D eigenvalue weighted by molar-refractivity contribution is 5.78. The molecule has 0 amide bonds. The lowest BCUT2D eigenvalue weighted by molar-refractivity contribution is 0.803. The van der Waals surface area contributed by atoms with Crippen LogP contribution in [0.1, 0.15) is 24.2 Å². The van der Waals surface area contributed by atoms with E-state index in [1.54, 1.807) is 6.20 Å².